The number of benzene rings is 1. The number of anilines is 1. The molecule has 0 unspecified atom stereocenters. The highest BCUT2D eigenvalue weighted by atomic mass is 16.3. The smallest absolute Gasteiger partial charge is 0.0997 e. The molecule has 2 heteroatoms. The van der Waals surface area contributed by atoms with Crippen LogP contribution in [0.4, 0.5) is 5.69 Å². The number of rotatable bonds is 4. The molecule has 15 heavy (non-hydrogen) atoms. The molecule has 81 valence electrons. The van der Waals surface area contributed by atoms with E-state index in [1.807, 2.05) is 18.2 Å². The minimum absolute atomic E-state index is 0.00854. The molecule has 1 aromatic carbocycles. The van der Waals surface area contributed by atoms with Crippen LogP contribution in [0.5, 0.6) is 0 Å². The van der Waals surface area contributed by atoms with Gasteiger partial charge in [0.25, 0.3) is 0 Å². The van der Waals surface area contributed by atoms with Gasteiger partial charge in [0, 0.05) is 18.3 Å². The first-order valence-electron chi connectivity index (χ1n) is 5.81. The fraction of sp³-hybridized carbons (Fsp3) is 0.538. The van der Waals surface area contributed by atoms with Gasteiger partial charge in [-0.05, 0) is 25.0 Å². The van der Waals surface area contributed by atoms with Crippen LogP contribution in [0.2, 0.25) is 0 Å². The van der Waals surface area contributed by atoms with Crippen molar-refractivity contribution in [3.05, 3.63) is 30.3 Å². The quantitative estimate of drug-likeness (QED) is 0.739. The Labute approximate surface area is 91.5 Å². The molecule has 0 heterocycles. The summed E-state index contributed by atoms with van der Waals surface area (Å²) >= 11 is 0. The molecular formula is C13H18NO. The normalized spacial score (nSPS) is 16.9. The Hall–Kier alpha value is -1.02. The molecule has 0 bridgehead atoms. The SMILES string of the molecule is [O]CCN(c1ccccc1)C1CCCC1. The first-order chi connectivity index (χ1) is 7.42. The number of nitrogens with zero attached hydrogens (tertiary/aromatic N) is 1. The summed E-state index contributed by atoms with van der Waals surface area (Å²) < 4.78 is 0. The van der Waals surface area contributed by atoms with Gasteiger partial charge in [0.1, 0.15) is 0 Å². The molecule has 0 aliphatic heterocycles. The molecule has 1 aliphatic rings. The highest BCUT2D eigenvalue weighted by Crippen LogP contribution is 2.27. The third-order valence-electron chi connectivity index (χ3n) is 3.19. The van der Waals surface area contributed by atoms with Gasteiger partial charge in [-0.15, -0.1) is 0 Å². The van der Waals surface area contributed by atoms with E-state index in [0.717, 1.165) is 0 Å². The third-order valence-corrected chi connectivity index (χ3v) is 3.19. The number of para-hydroxylation sites is 1. The van der Waals surface area contributed by atoms with Crippen molar-refractivity contribution in [3.63, 3.8) is 0 Å². The van der Waals surface area contributed by atoms with Gasteiger partial charge >= 0.3 is 0 Å². The molecule has 1 fully saturated rings. The van der Waals surface area contributed by atoms with Crippen molar-refractivity contribution in [2.75, 3.05) is 18.1 Å². The lowest BCUT2D eigenvalue weighted by molar-refractivity contribution is 0.198. The zero-order chi connectivity index (χ0) is 10.5. The van der Waals surface area contributed by atoms with Crippen molar-refractivity contribution in [2.24, 2.45) is 0 Å². The van der Waals surface area contributed by atoms with Crippen molar-refractivity contribution in [2.45, 2.75) is 31.7 Å². The summed E-state index contributed by atoms with van der Waals surface area (Å²) in [7, 11) is 0. The molecule has 1 aromatic rings. The second-order valence-electron chi connectivity index (χ2n) is 4.17. The summed E-state index contributed by atoms with van der Waals surface area (Å²) in [5.74, 6) is 0. The van der Waals surface area contributed by atoms with Crippen LogP contribution in [-0.4, -0.2) is 19.2 Å². The second kappa shape index (κ2) is 5.17. The Morgan fingerprint density at radius 1 is 1.13 bits per heavy atom. The first kappa shape index (κ1) is 10.5. The van der Waals surface area contributed by atoms with Crippen LogP contribution in [0.3, 0.4) is 0 Å². The molecule has 1 aliphatic carbocycles. The summed E-state index contributed by atoms with van der Waals surface area (Å²) in [5.41, 5.74) is 1.21. The second-order valence-corrected chi connectivity index (χ2v) is 4.17. The summed E-state index contributed by atoms with van der Waals surface area (Å²) in [5, 5.41) is 10.8. The molecule has 0 aromatic heterocycles. The number of hydrogen-bond donors (Lipinski definition) is 0. The fourth-order valence-corrected chi connectivity index (χ4v) is 2.46. The highest BCUT2D eigenvalue weighted by molar-refractivity contribution is 5.47. The molecule has 0 N–H and O–H groups in total. The molecule has 2 nitrogen and oxygen atoms in total. The Kier molecular flexibility index (Phi) is 3.62. The lowest BCUT2D eigenvalue weighted by Gasteiger charge is -2.30. The Morgan fingerprint density at radius 2 is 1.80 bits per heavy atom. The van der Waals surface area contributed by atoms with Gasteiger partial charge in [-0.2, -0.15) is 0 Å². The van der Waals surface area contributed by atoms with Crippen molar-refractivity contribution in [1.82, 2.24) is 0 Å². The van der Waals surface area contributed by atoms with Gasteiger partial charge in [-0.1, -0.05) is 31.0 Å². The molecule has 0 amide bonds. The van der Waals surface area contributed by atoms with Gasteiger partial charge in [-0.3, -0.25) is 0 Å². The highest BCUT2D eigenvalue weighted by Gasteiger charge is 2.22. The molecular weight excluding hydrogens is 186 g/mol. The van der Waals surface area contributed by atoms with E-state index in [1.165, 1.54) is 31.4 Å². The van der Waals surface area contributed by atoms with Gasteiger partial charge < -0.3 is 4.90 Å². The van der Waals surface area contributed by atoms with Crippen molar-refractivity contribution >= 4 is 5.69 Å². The standard InChI is InChI=1S/C13H18NO/c15-11-10-14(13-8-4-5-9-13)12-6-2-1-3-7-12/h1-3,6-7,13H,4-5,8-11H2. The maximum atomic E-state index is 10.8. The summed E-state index contributed by atoms with van der Waals surface area (Å²) in [6.45, 7) is 0.639. The molecule has 0 saturated heterocycles. The van der Waals surface area contributed by atoms with Crippen LogP contribution in [0, 0.1) is 0 Å². The van der Waals surface area contributed by atoms with Gasteiger partial charge in [0.15, 0.2) is 0 Å². The van der Waals surface area contributed by atoms with Crippen LogP contribution in [0.1, 0.15) is 25.7 Å². The van der Waals surface area contributed by atoms with E-state index >= 15 is 0 Å². The van der Waals surface area contributed by atoms with E-state index in [-0.39, 0.29) is 6.61 Å². The Balaban J connectivity index is 2.11. The third kappa shape index (κ3) is 2.51. The maximum absolute atomic E-state index is 10.8. The largest absolute Gasteiger partial charge is 0.366 e. The monoisotopic (exact) mass is 204 g/mol. The molecule has 2 rings (SSSR count). The van der Waals surface area contributed by atoms with Crippen LogP contribution in [0.15, 0.2) is 30.3 Å². The van der Waals surface area contributed by atoms with E-state index in [4.69, 9.17) is 0 Å². The summed E-state index contributed by atoms with van der Waals surface area (Å²) in [6.07, 6.45) is 5.11. The van der Waals surface area contributed by atoms with E-state index in [0.29, 0.717) is 12.6 Å². The van der Waals surface area contributed by atoms with Crippen molar-refractivity contribution < 1.29 is 5.11 Å². The lowest BCUT2D eigenvalue weighted by Crippen LogP contribution is -2.35. The van der Waals surface area contributed by atoms with Crippen LogP contribution in [-0.2, 0) is 5.11 Å². The molecule has 0 atom stereocenters. The fourth-order valence-electron chi connectivity index (χ4n) is 2.46. The predicted octanol–water partition coefficient (Wildman–Crippen LogP) is 2.87. The van der Waals surface area contributed by atoms with Crippen molar-refractivity contribution in [1.29, 1.82) is 0 Å². The summed E-state index contributed by atoms with van der Waals surface area (Å²) in [4.78, 5) is 2.29. The minimum atomic E-state index is -0.00854. The van der Waals surface area contributed by atoms with Gasteiger partial charge in [0.05, 0.1) is 6.61 Å². The molecule has 0 spiro atoms. The first-order valence-corrected chi connectivity index (χ1v) is 5.81. The van der Waals surface area contributed by atoms with Crippen LogP contribution in [0.25, 0.3) is 0 Å². The minimum Gasteiger partial charge on any atom is -0.366 e. The molecule has 1 radical (unpaired) electrons. The van der Waals surface area contributed by atoms with Crippen molar-refractivity contribution in [3.8, 4) is 0 Å². The predicted molar refractivity (Wildman–Crippen MR) is 61.6 cm³/mol. The Bertz CT molecular complexity index is 280. The molecule has 1 saturated carbocycles. The topological polar surface area (TPSA) is 23.1 Å². The maximum Gasteiger partial charge on any atom is 0.0997 e. The Morgan fingerprint density at radius 3 is 2.40 bits per heavy atom. The lowest BCUT2D eigenvalue weighted by atomic mass is 10.2. The van der Waals surface area contributed by atoms with E-state index in [1.54, 1.807) is 0 Å². The van der Waals surface area contributed by atoms with E-state index in [2.05, 4.69) is 17.0 Å². The van der Waals surface area contributed by atoms with E-state index in [9.17, 15) is 5.11 Å². The average Bonchev–Trinajstić information content (AvgIpc) is 2.80. The summed E-state index contributed by atoms with van der Waals surface area (Å²) in [6, 6.07) is 10.9. The zero-order valence-corrected chi connectivity index (χ0v) is 9.06. The zero-order valence-electron chi connectivity index (χ0n) is 9.06. The average molecular weight is 204 g/mol. The van der Waals surface area contributed by atoms with Gasteiger partial charge in [-0.25, -0.2) is 5.11 Å². The van der Waals surface area contributed by atoms with E-state index < -0.39 is 0 Å². The number of hydrogen-bond acceptors (Lipinski definition) is 1. The van der Waals surface area contributed by atoms with Gasteiger partial charge in [0.2, 0.25) is 0 Å². The van der Waals surface area contributed by atoms with Crippen LogP contribution >= 0.6 is 0 Å². The van der Waals surface area contributed by atoms with Crippen LogP contribution < -0.4 is 4.90 Å².